The Hall–Kier alpha value is -4.36. The van der Waals surface area contributed by atoms with Crippen LogP contribution in [0, 0.1) is 0 Å². The van der Waals surface area contributed by atoms with Crippen LogP contribution in [0.5, 0.6) is 0 Å². The molecule has 6 rings (SSSR count). The van der Waals surface area contributed by atoms with Gasteiger partial charge in [-0.1, -0.05) is 66.7 Å². The van der Waals surface area contributed by atoms with Crippen molar-refractivity contribution in [3.63, 3.8) is 0 Å². The Labute approximate surface area is 196 Å². The number of nitrogens with zero attached hydrogens (tertiary/aromatic N) is 2. The molecule has 1 atom stereocenters. The molecule has 0 aromatic heterocycles. The fourth-order valence-corrected chi connectivity index (χ4v) is 5.73. The molecule has 0 radical (unpaired) electrons. The highest BCUT2D eigenvalue weighted by Gasteiger charge is 2.30. The summed E-state index contributed by atoms with van der Waals surface area (Å²) in [4.78, 5) is 30.6. The van der Waals surface area contributed by atoms with Gasteiger partial charge in [-0.25, -0.2) is 9.59 Å². The predicted octanol–water partition coefficient (Wildman–Crippen LogP) is 7.08. The van der Waals surface area contributed by atoms with Gasteiger partial charge in [0.1, 0.15) is 6.04 Å². The Morgan fingerprint density at radius 1 is 0.794 bits per heavy atom. The van der Waals surface area contributed by atoms with E-state index in [0.717, 1.165) is 45.0 Å². The third kappa shape index (κ3) is 2.74. The van der Waals surface area contributed by atoms with Crippen LogP contribution in [-0.4, -0.2) is 12.2 Å². The number of hydrogen-bond donors (Lipinski definition) is 0. The summed E-state index contributed by atoms with van der Waals surface area (Å²) in [5.74, 6) is 0. The fraction of sp³-hybridized carbons (Fsp3) is 0.133. The van der Waals surface area contributed by atoms with Crippen LogP contribution in [0.4, 0.5) is 0 Å². The summed E-state index contributed by atoms with van der Waals surface area (Å²) in [6, 6.07) is 20.4. The van der Waals surface area contributed by atoms with Gasteiger partial charge in [0.05, 0.1) is 5.70 Å². The van der Waals surface area contributed by atoms with Gasteiger partial charge in [-0.2, -0.15) is 9.98 Å². The Balaban J connectivity index is 1.78. The van der Waals surface area contributed by atoms with Gasteiger partial charge in [-0.3, -0.25) is 0 Å². The normalized spacial score (nSPS) is 16.2. The van der Waals surface area contributed by atoms with Crippen LogP contribution in [0.3, 0.4) is 0 Å². The van der Waals surface area contributed by atoms with Gasteiger partial charge in [0.2, 0.25) is 12.2 Å². The zero-order valence-corrected chi connectivity index (χ0v) is 18.8. The van der Waals surface area contributed by atoms with Crippen molar-refractivity contribution in [3.8, 4) is 11.1 Å². The first kappa shape index (κ1) is 20.3. The SMILES string of the molecule is CC1=CCc2cccc3ccc(-c4ccc5cccc6c5c4C(C)=C(N=C=O)C6N=C=O)c1c23. The Bertz CT molecular complexity index is 1710. The maximum absolute atomic E-state index is 11.3. The lowest BCUT2D eigenvalue weighted by atomic mass is 9.77. The monoisotopic (exact) mass is 440 g/mol. The first-order valence-electron chi connectivity index (χ1n) is 11.3. The van der Waals surface area contributed by atoms with E-state index in [9.17, 15) is 9.59 Å². The molecule has 4 heteroatoms. The molecular weight excluding hydrogens is 420 g/mol. The van der Waals surface area contributed by atoms with Gasteiger partial charge in [-0.15, -0.1) is 0 Å². The van der Waals surface area contributed by atoms with E-state index >= 15 is 0 Å². The molecule has 34 heavy (non-hydrogen) atoms. The van der Waals surface area contributed by atoms with Gasteiger partial charge in [0.25, 0.3) is 0 Å². The van der Waals surface area contributed by atoms with E-state index in [0.29, 0.717) is 5.70 Å². The second kappa shape index (κ2) is 7.60. The smallest absolute Gasteiger partial charge is 0.211 e. The first-order valence-corrected chi connectivity index (χ1v) is 11.3. The summed E-state index contributed by atoms with van der Waals surface area (Å²) >= 11 is 0. The van der Waals surface area contributed by atoms with E-state index in [2.05, 4.69) is 71.5 Å². The molecule has 2 aliphatic carbocycles. The average molecular weight is 441 g/mol. The molecular formula is C30H20N2O2. The maximum Gasteiger partial charge on any atom is 0.240 e. The number of rotatable bonds is 3. The molecule has 162 valence electrons. The highest BCUT2D eigenvalue weighted by atomic mass is 16.1. The van der Waals surface area contributed by atoms with Crippen LogP contribution < -0.4 is 0 Å². The second-order valence-electron chi connectivity index (χ2n) is 8.86. The number of allylic oxidation sites excluding steroid dienone is 3. The van der Waals surface area contributed by atoms with Crippen LogP contribution in [0.1, 0.15) is 42.1 Å². The van der Waals surface area contributed by atoms with E-state index in [4.69, 9.17) is 0 Å². The first-order chi connectivity index (χ1) is 16.6. The predicted molar refractivity (Wildman–Crippen MR) is 136 cm³/mol. The third-order valence-corrected chi connectivity index (χ3v) is 7.18. The maximum atomic E-state index is 11.3. The minimum Gasteiger partial charge on any atom is -0.211 e. The van der Waals surface area contributed by atoms with E-state index < -0.39 is 6.04 Å². The Morgan fingerprint density at radius 2 is 1.50 bits per heavy atom. The number of isocyanates is 2. The summed E-state index contributed by atoms with van der Waals surface area (Å²) in [6.07, 6.45) is 6.55. The average Bonchev–Trinajstić information content (AvgIpc) is 2.86. The van der Waals surface area contributed by atoms with Crippen LogP contribution in [0.15, 0.2) is 82.4 Å². The van der Waals surface area contributed by atoms with Gasteiger partial charge in [0, 0.05) is 0 Å². The Morgan fingerprint density at radius 3 is 2.24 bits per heavy atom. The van der Waals surface area contributed by atoms with E-state index in [1.165, 1.54) is 27.5 Å². The minimum atomic E-state index is -0.673. The summed E-state index contributed by atoms with van der Waals surface area (Å²) in [6.45, 7) is 4.12. The Kier molecular flexibility index (Phi) is 4.53. The zero-order chi connectivity index (χ0) is 23.4. The lowest BCUT2D eigenvalue weighted by molar-refractivity contribution is 0.558. The van der Waals surface area contributed by atoms with Crippen molar-refractivity contribution in [1.29, 1.82) is 0 Å². The van der Waals surface area contributed by atoms with E-state index in [1.807, 2.05) is 19.1 Å². The topological polar surface area (TPSA) is 58.9 Å². The summed E-state index contributed by atoms with van der Waals surface area (Å²) in [5, 5.41) is 4.62. The molecule has 0 amide bonds. The van der Waals surface area contributed by atoms with Crippen molar-refractivity contribution in [1.82, 2.24) is 0 Å². The molecule has 0 spiro atoms. The quantitative estimate of drug-likeness (QED) is 0.252. The largest absolute Gasteiger partial charge is 0.240 e. The lowest BCUT2D eigenvalue weighted by Gasteiger charge is -2.28. The molecule has 4 nitrogen and oxygen atoms in total. The van der Waals surface area contributed by atoms with Crippen molar-refractivity contribution >= 4 is 44.9 Å². The molecule has 0 N–H and O–H groups in total. The summed E-state index contributed by atoms with van der Waals surface area (Å²) in [7, 11) is 0. The number of benzene rings is 4. The summed E-state index contributed by atoms with van der Waals surface area (Å²) < 4.78 is 0. The van der Waals surface area contributed by atoms with Crippen molar-refractivity contribution in [2.45, 2.75) is 26.3 Å². The standard InChI is InChI=1S/C30H20N2O2/c1-17-9-10-19-5-3-6-20-11-13-22(25(17)27(19)20)23-14-12-21-7-4-8-24-28(21)26(23)18(2)29(31-15-33)30(24)32-16-34/h3-9,11-14,30H,10H2,1-2H3. The fourth-order valence-electron chi connectivity index (χ4n) is 5.73. The van der Waals surface area contributed by atoms with Gasteiger partial charge >= 0.3 is 0 Å². The lowest BCUT2D eigenvalue weighted by Crippen LogP contribution is -2.09. The molecule has 0 saturated heterocycles. The van der Waals surface area contributed by atoms with Gasteiger partial charge in [-0.05, 0) is 86.3 Å². The van der Waals surface area contributed by atoms with Crippen LogP contribution in [0.2, 0.25) is 0 Å². The number of hydrogen-bond acceptors (Lipinski definition) is 4. The minimum absolute atomic E-state index is 0.438. The van der Waals surface area contributed by atoms with Crippen molar-refractivity contribution in [2.24, 2.45) is 9.98 Å². The molecule has 2 aliphatic rings. The van der Waals surface area contributed by atoms with Crippen molar-refractivity contribution in [2.75, 3.05) is 0 Å². The highest BCUT2D eigenvalue weighted by Crippen LogP contribution is 2.49. The zero-order valence-electron chi connectivity index (χ0n) is 18.8. The summed E-state index contributed by atoms with van der Waals surface area (Å²) in [5.41, 5.74) is 9.18. The van der Waals surface area contributed by atoms with Crippen molar-refractivity contribution < 1.29 is 9.59 Å². The highest BCUT2D eigenvalue weighted by molar-refractivity contribution is 6.09. The molecule has 0 fully saturated rings. The van der Waals surface area contributed by atoms with Crippen molar-refractivity contribution in [3.05, 3.63) is 94.7 Å². The van der Waals surface area contributed by atoms with E-state index in [-0.39, 0.29) is 0 Å². The molecule has 4 aromatic rings. The molecule has 0 saturated carbocycles. The second-order valence-corrected chi connectivity index (χ2v) is 8.86. The molecule has 0 bridgehead atoms. The number of aliphatic imine (C=N–C) groups is 2. The van der Waals surface area contributed by atoms with Crippen LogP contribution >= 0.6 is 0 Å². The molecule has 4 aromatic carbocycles. The van der Waals surface area contributed by atoms with Gasteiger partial charge in [0.15, 0.2) is 0 Å². The van der Waals surface area contributed by atoms with E-state index in [1.54, 1.807) is 12.2 Å². The van der Waals surface area contributed by atoms with Crippen LogP contribution in [0.25, 0.3) is 43.8 Å². The third-order valence-electron chi connectivity index (χ3n) is 7.18. The molecule has 0 heterocycles. The number of carbonyl (C=O) groups excluding carboxylic acids is 2. The van der Waals surface area contributed by atoms with Gasteiger partial charge < -0.3 is 0 Å². The molecule has 0 aliphatic heterocycles. The van der Waals surface area contributed by atoms with Crippen LogP contribution in [-0.2, 0) is 16.0 Å². The molecule has 1 unspecified atom stereocenters.